The van der Waals surface area contributed by atoms with Crippen molar-refractivity contribution in [2.24, 2.45) is 5.73 Å². The van der Waals surface area contributed by atoms with Crippen LogP contribution in [0.2, 0.25) is 0 Å². The highest BCUT2D eigenvalue weighted by Gasteiger charge is 2.21. The van der Waals surface area contributed by atoms with Gasteiger partial charge in [0.25, 0.3) is 0 Å². The maximum absolute atomic E-state index is 6.11. The van der Waals surface area contributed by atoms with Crippen LogP contribution in [-0.4, -0.2) is 12.1 Å². The largest absolute Gasteiger partial charge is 0.381 e. The number of nitrogens with one attached hydrogen (secondary N) is 1. The van der Waals surface area contributed by atoms with Gasteiger partial charge in [0, 0.05) is 17.8 Å². The van der Waals surface area contributed by atoms with E-state index in [-0.39, 0.29) is 0 Å². The van der Waals surface area contributed by atoms with Crippen LogP contribution in [0.25, 0.3) is 0 Å². The standard InChI is InChI=1S/C13H20N2/c1-10-6-2-4-8-12(10)15-13-9-5-3-7-11(13)14/h2,4,6,8,11,13,15H,3,5,7,9,14H2,1H3/t11-,13+/m1/s1. The molecule has 1 aromatic carbocycles. The van der Waals surface area contributed by atoms with Crippen LogP contribution in [0.5, 0.6) is 0 Å². The second-order valence-electron chi connectivity index (χ2n) is 4.51. The second kappa shape index (κ2) is 4.67. The monoisotopic (exact) mass is 204 g/mol. The highest BCUT2D eigenvalue weighted by atomic mass is 15.0. The van der Waals surface area contributed by atoms with E-state index in [1.807, 2.05) is 0 Å². The summed E-state index contributed by atoms with van der Waals surface area (Å²) in [6.45, 7) is 2.14. The zero-order chi connectivity index (χ0) is 10.7. The van der Waals surface area contributed by atoms with Crippen molar-refractivity contribution in [2.45, 2.75) is 44.7 Å². The van der Waals surface area contributed by atoms with Gasteiger partial charge in [-0.1, -0.05) is 31.0 Å². The quantitative estimate of drug-likeness (QED) is 0.777. The molecule has 0 bridgehead atoms. The van der Waals surface area contributed by atoms with Crippen molar-refractivity contribution in [3.05, 3.63) is 29.8 Å². The third-order valence-electron chi connectivity index (χ3n) is 3.31. The van der Waals surface area contributed by atoms with E-state index >= 15 is 0 Å². The molecule has 1 fully saturated rings. The van der Waals surface area contributed by atoms with Crippen LogP contribution in [0.3, 0.4) is 0 Å². The minimum absolute atomic E-state index is 0.318. The van der Waals surface area contributed by atoms with E-state index in [4.69, 9.17) is 5.73 Å². The third kappa shape index (κ3) is 2.51. The lowest BCUT2D eigenvalue weighted by Crippen LogP contribution is -2.42. The Morgan fingerprint density at radius 3 is 2.67 bits per heavy atom. The summed E-state index contributed by atoms with van der Waals surface area (Å²) in [5, 5.41) is 3.57. The molecule has 1 aliphatic rings. The number of hydrogen-bond acceptors (Lipinski definition) is 2. The topological polar surface area (TPSA) is 38.0 Å². The summed E-state index contributed by atoms with van der Waals surface area (Å²) in [7, 11) is 0. The smallest absolute Gasteiger partial charge is 0.0412 e. The van der Waals surface area contributed by atoms with E-state index < -0.39 is 0 Å². The van der Waals surface area contributed by atoms with Gasteiger partial charge in [-0.15, -0.1) is 0 Å². The number of nitrogens with two attached hydrogens (primary N) is 1. The minimum Gasteiger partial charge on any atom is -0.381 e. The SMILES string of the molecule is Cc1ccccc1N[C@H]1CCCC[C@H]1N. The molecule has 0 aromatic heterocycles. The molecule has 0 aliphatic heterocycles. The molecule has 3 N–H and O–H groups in total. The van der Waals surface area contributed by atoms with E-state index in [2.05, 4.69) is 36.5 Å². The van der Waals surface area contributed by atoms with E-state index in [1.54, 1.807) is 0 Å². The van der Waals surface area contributed by atoms with Crippen LogP contribution in [0, 0.1) is 6.92 Å². The summed E-state index contributed by atoms with van der Waals surface area (Å²) >= 11 is 0. The summed E-state index contributed by atoms with van der Waals surface area (Å²) in [6.07, 6.45) is 4.95. The van der Waals surface area contributed by atoms with Crippen LogP contribution in [0.4, 0.5) is 5.69 Å². The molecule has 1 saturated carbocycles. The summed E-state index contributed by atoms with van der Waals surface area (Å²) in [6, 6.07) is 9.19. The van der Waals surface area contributed by atoms with Gasteiger partial charge < -0.3 is 11.1 Å². The van der Waals surface area contributed by atoms with Gasteiger partial charge in [-0.25, -0.2) is 0 Å². The minimum atomic E-state index is 0.318. The number of aryl methyl sites for hydroxylation is 1. The molecule has 0 radical (unpaired) electrons. The lowest BCUT2D eigenvalue weighted by Gasteiger charge is -2.30. The molecule has 1 aromatic rings. The van der Waals surface area contributed by atoms with Crippen molar-refractivity contribution in [3.63, 3.8) is 0 Å². The lowest BCUT2D eigenvalue weighted by atomic mass is 9.90. The van der Waals surface area contributed by atoms with Crippen molar-refractivity contribution in [2.75, 3.05) is 5.32 Å². The Morgan fingerprint density at radius 1 is 1.20 bits per heavy atom. The Morgan fingerprint density at radius 2 is 1.93 bits per heavy atom. The second-order valence-corrected chi connectivity index (χ2v) is 4.51. The average molecular weight is 204 g/mol. The van der Waals surface area contributed by atoms with Crippen molar-refractivity contribution in [3.8, 4) is 0 Å². The van der Waals surface area contributed by atoms with Crippen LogP contribution < -0.4 is 11.1 Å². The number of para-hydroxylation sites is 1. The normalized spacial score (nSPS) is 26.3. The first-order valence-corrected chi connectivity index (χ1v) is 5.85. The zero-order valence-electron chi connectivity index (χ0n) is 9.37. The summed E-state index contributed by atoms with van der Waals surface area (Å²) < 4.78 is 0. The van der Waals surface area contributed by atoms with E-state index in [1.165, 1.54) is 30.5 Å². The molecule has 2 heteroatoms. The first-order valence-electron chi connectivity index (χ1n) is 5.85. The van der Waals surface area contributed by atoms with Crippen molar-refractivity contribution in [1.29, 1.82) is 0 Å². The maximum atomic E-state index is 6.11. The number of hydrogen-bond donors (Lipinski definition) is 2. The first kappa shape index (κ1) is 10.5. The van der Waals surface area contributed by atoms with Crippen LogP contribution >= 0.6 is 0 Å². The van der Waals surface area contributed by atoms with E-state index in [9.17, 15) is 0 Å². The Kier molecular flexibility index (Phi) is 3.27. The van der Waals surface area contributed by atoms with Crippen molar-refractivity contribution >= 4 is 5.69 Å². The molecule has 2 rings (SSSR count). The molecular formula is C13H20N2. The Balaban J connectivity index is 2.04. The summed E-state index contributed by atoms with van der Waals surface area (Å²) in [4.78, 5) is 0. The van der Waals surface area contributed by atoms with Gasteiger partial charge in [0.1, 0.15) is 0 Å². The van der Waals surface area contributed by atoms with Crippen LogP contribution in [0.1, 0.15) is 31.2 Å². The maximum Gasteiger partial charge on any atom is 0.0412 e. The molecule has 0 heterocycles. The zero-order valence-corrected chi connectivity index (χ0v) is 9.37. The molecule has 0 unspecified atom stereocenters. The number of anilines is 1. The highest BCUT2D eigenvalue weighted by Crippen LogP contribution is 2.22. The van der Waals surface area contributed by atoms with E-state index in [0.29, 0.717) is 12.1 Å². The molecule has 0 amide bonds. The van der Waals surface area contributed by atoms with Gasteiger partial charge in [-0.2, -0.15) is 0 Å². The first-order chi connectivity index (χ1) is 7.27. The fourth-order valence-corrected chi connectivity index (χ4v) is 2.27. The molecule has 1 aliphatic carbocycles. The van der Waals surface area contributed by atoms with Crippen LogP contribution in [0.15, 0.2) is 24.3 Å². The van der Waals surface area contributed by atoms with Gasteiger partial charge in [-0.3, -0.25) is 0 Å². The lowest BCUT2D eigenvalue weighted by molar-refractivity contribution is 0.404. The molecular weight excluding hydrogens is 184 g/mol. The van der Waals surface area contributed by atoms with Gasteiger partial charge in [0.15, 0.2) is 0 Å². The summed E-state index contributed by atoms with van der Waals surface area (Å²) in [5.74, 6) is 0. The fourth-order valence-electron chi connectivity index (χ4n) is 2.27. The number of rotatable bonds is 2. The Bertz CT molecular complexity index is 322. The molecule has 15 heavy (non-hydrogen) atoms. The molecule has 0 spiro atoms. The van der Waals surface area contributed by atoms with Gasteiger partial charge >= 0.3 is 0 Å². The van der Waals surface area contributed by atoms with Crippen molar-refractivity contribution in [1.82, 2.24) is 0 Å². The van der Waals surface area contributed by atoms with Crippen molar-refractivity contribution < 1.29 is 0 Å². The Labute approximate surface area is 91.9 Å². The Hall–Kier alpha value is -1.02. The molecule has 2 atom stereocenters. The van der Waals surface area contributed by atoms with Gasteiger partial charge in [0.05, 0.1) is 0 Å². The van der Waals surface area contributed by atoms with Gasteiger partial charge in [-0.05, 0) is 31.4 Å². The molecule has 82 valence electrons. The molecule has 0 saturated heterocycles. The average Bonchev–Trinajstić information content (AvgIpc) is 2.24. The third-order valence-corrected chi connectivity index (χ3v) is 3.31. The molecule has 2 nitrogen and oxygen atoms in total. The van der Waals surface area contributed by atoms with E-state index in [0.717, 1.165) is 6.42 Å². The predicted molar refractivity (Wildman–Crippen MR) is 65.0 cm³/mol. The highest BCUT2D eigenvalue weighted by molar-refractivity contribution is 5.51. The summed E-state index contributed by atoms with van der Waals surface area (Å²) in [5.41, 5.74) is 8.65. The van der Waals surface area contributed by atoms with Crippen LogP contribution in [-0.2, 0) is 0 Å². The predicted octanol–water partition coefficient (Wildman–Crippen LogP) is 2.68. The van der Waals surface area contributed by atoms with Gasteiger partial charge in [0.2, 0.25) is 0 Å². The fraction of sp³-hybridized carbons (Fsp3) is 0.538. The number of benzene rings is 1.